The minimum Gasteiger partial charge on any atom is -0.339 e. The third kappa shape index (κ3) is 6.49. The third-order valence-corrected chi connectivity index (χ3v) is 4.38. The number of hydrogen-bond donors (Lipinski definition) is 3. The van der Waals surface area contributed by atoms with Gasteiger partial charge in [0.2, 0.25) is 3.79 Å². The molecule has 0 saturated carbocycles. The van der Waals surface area contributed by atoms with E-state index >= 15 is 0 Å². The van der Waals surface area contributed by atoms with E-state index in [1.54, 1.807) is 0 Å². The van der Waals surface area contributed by atoms with Crippen molar-refractivity contribution in [3.8, 4) is 0 Å². The Balaban J connectivity index is 2.10. The van der Waals surface area contributed by atoms with Gasteiger partial charge in [0.25, 0.3) is 11.6 Å². The zero-order chi connectivity index (χ0) is 20.9. The summed E-state index contributed by atoms with van der Waals surface area (Å²) in [4.78, 5) is 22.7. The minimum atomic E-state index is -1.95. The highest BCUT2D eigenvalue weighted by molar-refractivity contribution is 7.80. The first kappa shape index (κ1) is 22.2. The molecule has 0 aliphatic heterocycles. The van der Waals surface area contributed by atoms with Crippen LogP contribution in [0.3, 0.4) is 0 Å². The van der Waals surface area contributed by atoms with Crippen molar-refractivity contribution >= 4 is 69.4 Å². The van der Waals surface area contributed by atoms with Crippen LogP contribution >= 0.6 is 47.0 Å². The number of anilines is 1. The predicted octanol–water partition coefficient (Wildman–Crippen LogP) is 4.32. The smallest absolute Gasteiger partial charge is 0.270 e. The van der Waals surface area contributed by atoms with Gasteiger partial charge >= 0.3 is 0 Å². The lowest BCUT2D eigenvalue weighted by molar-refractivity contribution is -0.384. The fourth-order valence-corrected chi connectivity index (χ4v) is 2.67. The predicted molar refractivity (Wildman–Crippen MR) is 115 cm³/mol. The average Bonchev–Trinajstić information content (AvgIpc) is 2.62. The van der Waals surface area contributed by atoms with E-state index in [1.165, 1.54) is 18.2 Å². The van der Waals surface area contributed by atoms with E-state index in [9.17, 15) is 14.9 Å². The second-order valence-corrected chi connectivity index (χ2v) is 8.50. The van der Waals surface area contributed by atoms with Crippen molar-refractivity contribution < 1.29 is 9.72 Å². The van der Waals surface area contributed by atoms with Crippen molar-refractivity contribution in [1.82, 2.24) is 10.6 Å². The van der Waals surface area contributed by atoms with Gasteiger partial charge < -0.3 is 16.0 Å². The number of benzene rings is 2. The highest BCUT2D eigenvalue weighted by Crippen LogP contribution is 2.29. The van der Waals surface area contributed by atoms with E-state index < -0.39 is 20.8 Å². The monoisotopic (exact) mass is 460 g/mol. The van der Waals surface area contributed by atoms with Crippen LogP contribution in [0.4, 0.5) is 11.4 Å². The summed E-state index contributed by atoms with van der Waals surface area (Å²) in [6.45, 7) is 1.95. The Bertz CT molecular complexity index is 888. The zero-order valence-corrected chi connectivity index (χ0v) is 17.5. The lowest BCUT2D eigenvalue weighted by Gasteiger charge is -2.27. The Labute approximate surface area is 181 Å². The number of carbonyl (C=O) groups excluding carboxylic acids is 1. The molecule has 11 heteroatoms. The summed E-state index contributed by atoms with van der Waals surface area (Å²) in [5.41, 5.74) is 1.58. The number of amides is 1. The molecule has 0 radical (unpaired) electrons. The van der Waals surface area contributed by atoms with Gasteiger partial charge in [0.1, 0.15) is 6.17 Å². The summed E-state index contributed by atoms with van der Waals surface area (Å²) in [6.07, 6.45) is -1.20. The number of thiocarbonyl (C=S) groups is 1. The number of rotatable bonds is 5. The molecule has 0 fully saturated rings. The maximum Gasteiger partial charge on any atom is 0.270 e. The Morgan fingerprint density at radius 2 is 1.79 bits per heavy atom. The standard InChI is InChI=1S/C17H15Cl3N4O3S/c1-10-5-7-12(8-6-10)21-16(28)23-15(17(18,19)20)22-14(25)11-3-2-4-13(9-11)24(26)27/h2-9,15H,1H3,(H,22,25)(H2,21,23,28)/t15-/m1/s1. The van der Waals surface area contributed by atoms with Crippen molar-refractivity contribution in [2.24, 2.45) is 0 Å². The van der Waals surface area contributed by atoms with E-state index in [1.807, 2.05) is 31.2 Å². The van der Waals surface area contributed by atoms with Crippen LogP contribution in [-0.4, -0.2) is 25.9 Å². The third-order valence-electron chi connectivity index (χ3n) is 3.51. The molecule has 0 heterocycles. The van der Waals surface area contributed by atoms with E-state index in [2.05, 4.69) is 16.0 Å². The molecule has 2 rings (SSSR count). The van der Waals surface area contributed by atoms with Crippen LogP contribution < -0.4 is 16.0 Å². The number of nitro benzene ring substituents is 1. The quantitative estimate of drug-likeness (QED) is 0.202. The normalized spacial score (nSPS) is 12.0. The van der Waals surface area contributed by atoms with E-state index in [0.717, 1.165) is 11.6 Å². The first-order valence-corrected chi connectivity index (χ1v) is 9.36. The van der Waals surface area contributed by atoms with Gasteiger partial charge in [0, 0.05) is 23.4 Å². The molecule has 7 nitrogen and oxygen atoms in total. The molecular formula is C17H15Cl3N4O3S. The number of nitro groups is 1. The van der Waals surface area contributed by atoms with Crippen molar-refractivity contribution in [1.29, 1.82) is 0 Å². The van der Waals surface area contributed by atoms with Gasteiger partial charge in [-0.15, -0.1) is 0 Å². The number of alkyl halides is 3. The summed E-state index contributed by atoms with van der Waals surface area (Å²) in [5.74, 6) is -0.675. The van der Waals surface area contributed by atoms with Crippen molar-refractivity contribution in [2.75, 3.05) is 5.32 Å². The zero-order valence-electron chi connectivity index (χ0n) is 14.4. The van der Waals surface area contributed by atoms with Crippen LogP contribution in [0.15, 0.2) is 48.5 Å². The van der Waals surface area contributed by atoms with Crippen LogP contribution in [-0.2, 0) is 0 Å². The number of carbonyl (C=O) groups is 1. The summed E-state index contributed by atoms with van der Waals surface area (Å²) in [5, 5.41) is 19.1. The van der Waals surface area contributed by atoms with E-state index in [4.69, 9.17) is 47.0 Å². The lowest BCUT2D eigenvalue weighted by atomic mass is 10.2. The van der Waals surface area contributed by atoms with Crippen LogP contribution in [0.5, 0.6) is 0 Å². The summed E-state index contributed by atoms with van der Waals surface area (Å²) >= 11 is 23.0. The molecule has 2 aromatic rings. The summed E-state index contributed by atoms with van der Waals surface area (Å²) < 4.78 is -1.95. The number of hydrogen-bond acceptors (Lipinski definition) is 4. The molecule has 3 N–H and O–H groups in total. The Morgan fingerprint density at radius 3 is 2.36 bits per heavy atom. The van der Waals surface area contributed by atoms with E-state index in [-0.39, 0.29) is 16.4 Å². The first-order valence-electron chi connectivity index (χ1n) is 7.82. The largest absolute Gasteiger partial charge is 0.339 e. The number of aryl methyl sites for hydroxylation is 1. The number of nitrogens with one attached hydrogen (secondary N) is 3. The summed E-state index contributed by atoms with van der Waals surface area (Å²) in [6, 6.07) is 12.6. The maximum atomic E-state index is 12.4. The number of nitrogens with zero attached hydrogens (tertiary/aromatic N) is 1. The van der Waals surface area contributed by atoms with Gasteiger partial charge in [-0.1, -0.05) is 58.6 Å². The fraction of sp³-hybridized carbons (Fsp3) is 0.176. The lowest BCUT2D eigenvalue weighted by Crippen LogP contribution is -2.56. The van der Waals surface area contributed by atoms with Crippen LogP contribution in [0, 0.1) is 17.0 Å². The molecule has 0 unspecified atom stereocenters. The highest BCUT2D eigenvalue weighted by atomic mass is 35.6. The van der Waals surface area contributed by atoms with Gasteiger partial charge in [-0.3, -0.25) is 14.9 Å². The molecule has 148 valence electrons. The number of halogens is 3. The fourth-order valence-electron chi connectivity index (χ4n) is 2.11. The first-order chi connectivity index (χ1) is 13.1. The molecule has 0 spiro atoms. The molecule has 1 atom stereocenters. The second kappa shape index (κ2) is 9.38. The van der Waals surface area contributed by atoms with Gasteiger partial charge in [-0.2, -0.15) is 0 Å². The number of non-ortho nitro benzene ring substituents is 1. The van der Waals surface area contributed by atoms with Gasteiger partial charge in [0.05, 0.1) is 4.92 Å². The van der Waals surface area contributed by atoms with Gasteiger partial charge in [-0.05, 0) is 37.3 Å². The minimum absolute atomic E-state index is 0.0349. The molecule has 2 aromatic carbocycles. The molecule has 0 saturated heterocycles. The summed E-state index contributed by atoms with van der Waals surface area (Å²) in [7, 11) is 0. The van der Waals surface area contributed by atoms with E-state index in [0.29, 0.717) is 5.69 Å². The molecular weight excluding hydrogens is 447 g/mol. The maximum absolute atomic E-state index is 12.4. The van der Waals surface area contributed by atoms with Crippen LogP contribution in [0.1, 0.15) is 15.9 Å². The molecule has 0 aromatic heterocycles. The Kier molecular flexibility index (Phi) is 7.42. The SMILES string of the molecule is Cc1ccc(NC(=S)N[C@@H](NC(=O)c2cccc([N+](=O)[O-])c2)C(Cl)(Cl)Cl)cc1. The Morgan fingerprint density at radius 1 is 1.14 bits per heavy atom. The molecule has 0 aliphatic rings. The molecule has 0 aliphatic carbocycles. The van der Waals surface area contributed by atoms with Crippen LogP contribution in [0.25, 0.3) is 0 Å². The molecule has 28 heavy (non-hydrogen) atoms. The topological polar surface area (TPSA) is 96.3 Å². The molecule has 0 bridgehead atoms. The highest BCUT2D eigenvalue weighted by Gasteiger charge is 2.35. The average molecular weight is 462 g/mol. The Hall–Kier alpha value is -2.13. The van der Waals surface area contributed by atoms with Gasteiger partial charge in [-0.25, -0.2) is 0 Å². The molecule has 1 amide bonds. The van der Waals surface area contributed by atoms with Crippen molar-refractivity contribution in [3.05, 3.63) is 69.8 Å². The van der Waals surface area contributed by atoms with Crippen molar-refractivity contribution in [2.45, 2.75) is 16.9 Å². The van der Waals surface area contributed by atoms with Crippen molar-refractivity contribution in [3.63, 3.8) is 0 Å². The van der Waals surface area contributed by atoms with Crippen LogP contribution in [0.2, 0.25) is 0 Å². The second-order valence-electron chi connectivity index (χ2n) is 5.72. The van der Waals surface area contributed by atoms with Gasteiger partial charge in [0.15, 0.2) is 5.11 Å².